The molecule has 0 saturated carbocycles. The van der Waals surface area contributed by atoms with Crippen molar-refractivity contribution in [3.8, 4) is 11.4 Å². The predicted octanol–water partition coefficient (Wildman–Crippen LogP) is 3.15. The third-order valence-corrected chi connectivity index (χ3v) is 7.31. The number of anilines is 2. The molecule has 2 N–H and O–H groups in total. The summed E-state index contributed by atoms with van der Waals surface area (Å²) in [7, 11) is 0. The Morgan fingerprint density at radius 3 is 2.82 bits per heavy atom. The third-order valence-electron chi connectivity index (χ3n) is 7.31. The molecule has 0 radical (unpaired) electrons. The number of nitrogens with one attached hydrogen (secondary N) is 1. The number of ether oxygens (including phenoxy) is 1. The van der Waals surface area contributed by atoms with Crippen molar-refractivity contribution in [2.75, 3.05) is 43.1 Å². The van der Waals surface area contributed by atoms with Crippen LogP contribution in [0.5, 0.6) is 0 Å². The number of fused-ring (bicyclic) bond motifs is 3. The quantitative estimate of drug-likeness (QED) is 0.728. The highest BCUT2D eigenvalue weighted by Gasteiger charge is 2.36. The summed E-state index contributed by atoms with van der Waals surface area (Å²) < 4.78 is 5.71. The first-order valence-electron chi connectivity index (χ1n) is 12.4. The second kappa shape index (κ2) is 9.09. The summed E-state index contributed by atoms with van der Waals surface area (Å²) >= 11 is 0. The first-order valence-corrected chi connectivity index (χ1v) is 12.4. The van der Waals surface area contributed by atoms with E-state index in [-0.39, 0.29) is 0 Å². The molecule has 6 rings (SSSR count). The molecule has 2 aromatic rings. The van der Waals surface area contributed by atoms with E-state index in [1.807, 2.05) is 24.3 Å². The lowest BCUT2D eigenvalue weighted by atomic mass is 9.97. The Balaban J connectivity index is 1.35. The number of nitrogens with zero attached hydrogens (tertiary/aromatic N) is 5. The smallest absolute Gasteiger partial charge is 0.161 e. The molecule has 0 aliphatic carbocycles. The Kier molecular flexibility index (Phi) is 5.80. The maximum atomic E-state index is 9.75. The van der Waals surface area contributed by atoms with Crippen LogP contribution in [0.4, 0.5) is 11.5 Å². The molecular formula is C26H32N6O2. The monoisotopic (exact) mass is 460 g/mol. The molecule has 0 amide bonds. The number of hydrogen-bond donors (Lipinski definition) is 2. The minimum Gasteiger partial charge on any atom is -0.377 e. The number of dihydropyridines is 1. The number of benzene rings is 1. The normalized spacial score (nSPS) is 26.7. The Morgan fingerprint density at radius 2 is 2.00 bits per heavy atom. The lowest BCUT2D eigenvalue weighted by Gasteiger charge is -2.38. The largest absolute Gasteiger partial charge is 0.377 e. The molecular weight excluding hydrogens is 428 g/mol. The first kappa shape index (κ1) is 21.7. The van der Waals surface area contributed by atoms with E-state index in [0.29, 0.717) is 24.3 Å². The van der Waals surface area contributed by atoms with Crippen LogP contribution in [0, 0.1) is 0 Å². The summed E-state index contributed by atoms with van der Waals surface area (Å²) in [6.45, 7) is 6.82. The molecule has 4 aliphatic heterocycles. The summed E-state index contributed by atoms with van der Waals surface area (Å²) in [5, 5.41) is 13.0. The van der Waals surface area contributed by atoms with Crippen LogP contribution in [-0.4, -0.2) is 70.9 Å². The molecule has 2 saturated heterocycles. The van der Waals surface area contributed by atoms with Gasteiger partial charge in [-0.05, 0) is 63.1 Å². The maximum absolute atomic E-state index is 9.75. The van der Waals surface area contributed by atoms with Crippen molar-refractivity contribution in [2.24, 2.45) is 4.99 Å². The number of amidine groups is 1. The zero-order valence-corrected chi connectivity index (χ0v) is 19.7. The summed E-state index contributed by atoms with van der Waals surface area (Å²) in [4.78, 5) is 19.6. The zero-order chi connectivity index (χ0) is 23.1. The van der Waals surface area contributed by atoms with Crippen molar-refractivity contribution in [3.63, 3.8) is 0 Å². The highest BCUT2D eigenvalue weighted by molar-refractivity contribution is 6.04. The van der Waals surface area contributed by atoms with Crippen LogP contribution in [-0.2, 0) is 11.2 Å². The van der Waals surface area contributed by atoms with Gasteiger partial charge in [-0.3, -0.25) is 4.90 Å². The van der Waals surface area contributed by atoms with E-state index in [2.05, 4.69) is 39.2 Å². The maximum Gasteiger partial charge on any atom is 0.161 e. The van der Waals surface area contributed by atoms with Crippen LogP contribution in [0.1, 0.15) is 43.5 Å². The summed E-state index contributed by atoms with van der Waals surface area (Å²) in [5.74, 6) is 2.56. The Morgan fingerprint density at radius 1 is 1.12 bits per heavy atom. The molecule has 0 bridgehead atoms. The van der Waals surface area contributed by atoms with Gasteiger partial charge in [-0.25, -0.2) is 15.0 Å². The molecule has 1 aromatic carbocycles. The second-order valence-electron chi connectivity index (χ2n) is 9.63. The van der Waals surface area contributed by atoms with Gasteiger partial charge in [0.05, 0.1) is 31.0 Å². The number of hydrogen-bond acceptors (Lipinski definition) is 8. The summed E-state index contributed by atoms with van der Waals surface area (Å²) in [6, 6.07) is 8.88. The standard InChI is InChI=1S/C26H32N6O2/c1-17-16-34-15-14-32(17)26-20-11-13-31-12-3-4-21(31)24(20)29-25(30-26)18-7-9-19(10-8-18)27-22-5-2-6-23(33)28-22/h2,5,7-10,17,21,23,33H,3-4,6,11-16H2,1H3,(H,27,28). The molecule has 3 unspecified atom stereocenters. The number of aliphatic hydroxyl groups is 1. The van der Waals surface area contributed by atoms with Crippen molar-refractivity contribution in [1.29, 1.82) is 0 Å². The van der Waals surface area contributed by atoms with Crippen LogP contribution in [0.2, 0.25) is 0 Å². The molecule has 4 aliphatic rings. The van der Waals surface area contributed by atoms with Gasteiger partial charge in [0.25, 0.3) is 0 Å². The highest BCUT2D eigenvalue weighted by atomic mass is 16.5. The Bertz CT molecular complexity index is 1120. The molecule has 178 valence electrons. The topological polar surface area (TPSA) is 86.1 Å². The fraction of sp³-hybridized carbons (Fsp3) is 0.500. The summed E-state index contributed by atoms with van der Waals surface area (Å²) in [6.07, 6.45) is 7.13. The Hall–Kier alpha value is -2.81. The van der Waals surface area contributed by atoms with Gasteiger partial charge in [0.15, 0.2) is 12.1 Å². The number of aliphatic hydroxyl groups excluding tert-OH is 1. The van der Waals surface area contributed by atoms with E-state index in [4.69, 9.17) is 14.7 Å². The highest BCUT2D eigenvalue weighted by Crippen LogP contribution is 2.41. The van der Waals surface area contributed by atoms with Gasteiger partial charge in [0.1, 0.15) is 11.7 Å². The predicted molar refractivity (Wildman–Crippen MR) is 133 cm³/mol. The molecule has 8 nitrogen and oxygen atoms in total. The van der Waals surface area contributed by atoms with Crippen LogP contribution in [0.15, 0.2) is 41.4 Å². The molecule has 0 spiro atoms. The van der Waals surface area contributed by atoms with E-state index < -0.39 is 6.23 Å². The number of morpholine rings is 1. The average Bonchev–Trinajstić information content (AvgIpc) is 3.34. The van der Waals surface area contributed by atoms with E-state index in [1.54, 1.807) is 0 Å². The molecule has 2 fully saturated rings. The lowest BCUT2D eigenvalue weighted by molar-refractivity contribution is 0.0983. The van der Waals surface area contributed by atoms with E-state index in [9.17, 15) is 5.11 Å². The van der Waals surface area contributed by atoms with Crippen LogP contribution >= 0.6 is 0 Å². The molecule has 1 aromatic heterocycles. The third kappa shape index (κ3) is 4.10. The second-order valence-corrected chi connectivity index (χ2v) is 9.63. The van der Waals surface area contributed by atoms with Gasteiger partial charge in [0, 0.05) is 36.3 Å². The fourth-order valence-corrected chi connectivity index (χ4v) is 5.55. The summed E-state index contributed by atoms with van der Waals surface area (Å²) in [5.41, 5.74) is 4.48. The minimum absolute atomic E-state index is 0.299. The number of aliphatic imine (C=N–C) groups is 1. The van der Waals surface area contributed by atoms with Crippen molar-refractivity contribution >= 4 is 17.3 Å². The van der Waals surface area contributed by atoms with E-state index in [0.717, 1.165) is 55.6 Å². The van der Waals surface area contributed by atoms with Crippen LogP contribution in [0.3, 0.4) is 0 Å². The van der Waals surface area contributed by atoms with Crippen molar-refractivity contribution < 1.29 is 9.84 Å². The van der Waals surface area contributed by atoms with E-state index in [1.165, 1.54) is 30.6 Å². The van der Waals surface area contributed by atoms with Gasteiger partial charge in [-0.15, -0.1) is 0 Å². The van der Waals surface area contributed by atoms with Crippen molar-refractivity contribution in [3.05, 3.63) is 47.7 Å². The molecule has 3 atom stereocenters. The van der Waals surface area contributed by atoms with Crippen molar-refractivity contribution in [2.45, 2.75) is 50.9 Å². The van der Waals surface area contributed by atoms with Gasteiger partial charge >= 0.3 is 0 Å². The van der Waals surface area contributed by atoms with Gasteiger partial charge in [-0.2, -0.15) is 0 Å². The van der Waals surface area contributed by atoms with Gasteiger partial charge in [0.2, 0.25) is 0 Å². The average molecular weight is 461 g/mol. The van der Waals surface area contributed by atoms with Crippen LogP contribution in [0.25, 0.3) is 11.4 Å². The van der Waals surface area contributed by atoms with Gasteiger partial charge < -0.3 is 20.1 Å². The fourth-order valence-electron chi connectivity index (χ4n) is 5.55. The zero-order valence-electron chi connectivity index (χ0n) is 19.7. The van der Waals surface area contributed by atoms with Gasteiger partial charge in [-0.1, -0.05) is 6.08 Å². The minimum atomic E-state index is -0.674. The SMILES string of the molecule is CC1COCCN1c1nc(-c2ccc(NC3=NC(O)CC=C3)cc2)nc2c1CCN1CCCC21. The molecule has 5 heterocycles. The Labute approximate surface area is 200 Å². The van der Waals surface area contributed by atoms with Crippen LogP contribution < -0.4 is 10.2 Å². The van der Waals surface area contributed by atoms with E-state index >= 15 is 0 Å². The lowest BCUT2D eigenvalue weighted by Crippen LogP contribution is -2.45. The first-order chi connectivity index (χ1) is 16.7. The molecule has 8 heteroatoms. The number of rotatable bonds is 3. The van der Waals surface area contributed by atoms with Crippen molar-refractivity contribution in [1.82, 2.24) is 14.9 Å². The number of aromatic nitrogens is 2. The molecule has 34 heavy (non-hydrogen) atoms.